The highest BCUT2D eigenvalue weighted by Gasteiger charge is 2.22. The highest BCUT2D eigenvalue weighted by molar-refractivity contribution is 4.76. The number of rotatable bonds is 7. The molecule has 1 unspecified atom stereocenters. The van der Waals surface area contributed by atoms with Crippen molar-refractivity contribution in [1.82, 2.24) is 5.32 Å². The molecule has 0 aliphatic carbocycles. The van der Waals surface area contributed by atoms with Gasteiger partial charge >= 0.3 is 0 Å². The second-order valence-corrected chi connectivity index (χ2v) is 4.20. The van der Waals surface area contributed by atoms with Crippen LogP contribution in [0.25, 0.3) is 0 Å². The lowest BCUT2D eigenvalue weighted by Gasteiger charge is -2.27. The van der Waals surface area contributed by atoms with Crippen LogP contribution in [0.1, 0.15) is 33.6 Å². The van der Waals surface area contributed by atoms with Crippen LogP contribution in [0.3, 0.4) is 0 Å². The van der Waals surface area contributed by atoms with E-state index in [2.05, 4.69) is 19.2 Å². The van der Waals surface area contributed by atoms with Crippen LogP contribution in [0, 0.1) is 5.41 Å². The van der Waals surface area contributed by atoms with Gasteiger partial charge in [-0.15, -0.1) is 0 Å². The molecule has 0 aliphatic heterocycles. The lowest BCUT2D eigenvalue weighted by molar-refractivity contribution is 0.0675. The Balaban J connectivity index is 3.71. The third kappa shape index (κ3) is 5.24. The maximum absolute atomic E-state index is 9.03. The zero-order valence-electron chi connectivity index (χ0n) is 9.01. The van der Waals surface area contributed by atoms with Crippen LogP contribution >= 0.6 is 0 Å². The van der Waals surface area contributed by atoms with E-state index in [1.54, 1.807) is 0 Å². The fraction of sp³-hybridized carbons (Fsp3) is 1.00. The molecule has 80 valence electrons. The SMILES string of the molecule is CCCC(C)NCC(C)(CO)CO. The van der Waals surface area contributed by atoms with E-state index in [0.717, 1.165) is 12.8 Å². The smallest absolute Gasteiger partial charge is 0.0518 e. The Morgan fingerprint density at radius 2 is 1.85 bits per heavy atom. The Labute approximate surface area is 81.2 Å². The van der Waals surface area contributed by atoms with Crippen molar-refractivity contribution < 1.29 is 10.2 Å². The lowest BCUT2D eigenvalue weighted by atomic mass is 9.92. The maximum atomic E-state index is 9.03. The molecule has 0 rings (SSSR count). The predicted octanol–water partition coefficient (Wildman–Crippen LogP) is 0.756. The zero-order chi connectivity index (χ0) is 10.3. The van der Waals surface area contributed by atoms with Gasteiger partial charge in [-0.2, -0.15) is 0 Å². The summed E-state index contributed by atoms with van der Waals surface area (Å²) in [6, 6.07) is 0.461. The van der Waals surface area contributed by atoms with Crippen LogP contribution in [0.15, 0.2) is 0 Å². The summed E-state index contributed by atoms with van der Waals surface area (Å²) in [5, 5.41) is 21.4. The number of aliphatic hydroxyl groups excluding tert-OH is 2. The first kappa shape index (κ1) is 12.9. The summed E-state index contributed by atoms with van der Waals surface area (Å²) in [7, 11) is 0. The Morgan fingerprint density at radius 1 is 1.31 bits per heavy atom. The standard InChI is InChI=1S/C10H23NO2/c1-4-5-9(2)11-6-10(3,7-12)8-13/h9,11-13H,4-8H2,1-3H3. The highest BCUT2D eigenvalue weighted by Crippen LogP contribution is 2.12. The topological polar surface area (TPSA) is 52.5 Å². The van der Waals surface area contributed by atoms with Gasteiger partial charge in [0.2, 0.25) is 0 Å². The third-order valence-corrected chi connectivity index (χ3v) is 2.36. The second kappa shape index (κ2) is 6.35. The second-order valence-electron chi connectivity index (χ2n) is 4.20. The van der Waals surface area contributed by atoms with Crippen LogP contribution in [-0.2, 0) is 0 Å². The quantitative estimate of drug-likeness (QED) is 0.554. The molecule has 13 heavy (non-hydrogen) atoms. The zero-order valence-corrected chi connectivity index (χ0v) is 9.01. The summed E-state index contributed by atoms with van der Waals surface area (Å²) in [5.74, 6) is 0. The number of hydrogen-bond acceptors (Lipinski definition) is 3. The van der Waals surface area contributed by atoms with Gasteiger partial charge in [0.15, 0.2) is 0 Å². The number of hydrogen-bond donors (Lipinski definition) is 3. The van der Waals surface area contributed by atoms with Crippen LogP contribution in [-0.4, -0.2) is 36.0 Å². The van der Waals surface area contributed by atoms with Crippen LogP contribution in [0.2, 0.25) is 0 Å². The minimum atomic E-state index is -0.387. The van der Waals surface area contributed by atoms with Gasteiger partial charge in [0.25, 0.3) is 0 Å². The van der Waals surface area contributed by atoms with E-state index in [-0.39, 0.29) is 18.6 Å². The van der Waals surface area contributed by atoms with Crippen molar-refractivity contribution >= 4 is 0 Å². The third-order valence-electron chi connectivity index (χ3n) is 2.36. The fourth-order valence-corrected chi connectivity index (χ4v) is 1.12. The van der Waals surface area contributed by atoms with Gasteiger partial charge in [-0.3, -0.25) is 0 Å². The van der Waals surface area contributed by atoms with Crippen molar-refractivity contribution in [3.05, 3.63) is 0 Å². The fourth-order valence-electron chi connectivity index (χ4n) is 1.12. The molecule has 0 heterocycles. The van der Waals surface area contributed by atoms with Gasteiger partial charge in [0.05, 0.1) is 13.2 Å². The van der Waals surface area contributed by atoms with Crippen molar-refractivity contribution in [2.75, 3.05) is 19.8 Å². The minimum Gasteiger partial charge on any atom is -0.396 e. The Morgan fingerprint density at radius 3 is 2.23 bits per heavy atom. The molecular formula is C10H23NO2. The van der Waals surface area contributed by atoms with Crippen molar-refractivity contribution in [2.45, 2.75) is 39.7 Å². The molecule has 0 aromatic carbocycles. The molecule has 0 fully saturated rings. The van der Waals surface area contributed by atoms with E-state index in [4.69, 9.17) is 10.2 Å². The monoisotopic (exact) mass is 189 g/mol. The first-order valence-electron chi connectivity index (χ1n) is 5.03. The molecule has 3 nitrogen and oxygen atoms in total. The molecule has 3 N–H and O–H groups in total. The van der Waals surface area contributed by atoms with Gasteiger partial charge in [-0.05, 0) is 13.3 Å². The predicted molar refractivity (Wildman–Crippen MR) is 54.7 cm³/mol. The Bertz CT molecular complexity index is 124. The maximum Gasteiger partial charge on any atom is 0.0518 e. The van der Waals surface area contributed by atoms with E-state index >= 15 is 0 Å². The van der Waals surface area contributed by atoms with E-state index in [9.17, 15) is 0 Å². The number of nitrogens with one attached hydrogen (secondary N) is 1. The van der Waals surface area contributed by atoms with Crippen LogP contribution in [0.5, 0.6) is 0 Å². The minimum absolute atomic E-state index is 0.0232. The Hall–Kier alpha value is -0.120. The molecule has 0 saturated heterocycles. The van der Waals surface area contributed by atoms with E-state index < -0.39 is 0 Å². The molecule has 0 amide bonds. The molecule has 0 bridgehead atoms. The Kier molecular flexibility index (Phi) is 6.29. The van der Waals surface area contributed by atoms with Gasteiger partial charge in [-0.1, -0.05) is 20.3 Å². The molecule has 0 spiro atoms. The molecule has 0 radical (unpaired) electrons. The summed E-state index contributed by atoms with van der Waals surface area (Å²) < 4.78 is 0. The average molecular weight is 189 g/mol. The first-order chi connectivity index (χ1) is 6.08. The largest absolute Gasteiger partial charge is 0.396 e. The van der Waals surface area contributed by atoms with Gasteiger partial charge in [0, 0.05) is 18.0 Å². The molecule has 0 saturated carbocycles. The van der Waals surface area contributed by atoms with E-state index in [0.29, 0.717) is 12.6 Å². The van der Waals surface area contributed by atoms with E-state index in [1.165, 1.54) is 0 Å². The normalized spacial score (nSPS) is 14.5. The van der Waals surface area contributed by atoms with Gasteiger partial charge < -0.3 is 15.5 Å². The van der Waals surface area contributed by atoms with Gasteiger partial charge in [-0.25, -0.2) is 0 Å². The van der Waals surface area contributed by atoms with Crippen molar-refractivity contribution in [2.24, 2.45) is 5.41 Å². The highest BCUT2D eigenvalue weighted by atomic mass is 16.3. The summed E-state index contributed by atoms with van der Waals surface area (Å²) in [4.78, 5) is 0. The summed E-state index contributed by atoms with van der Waals surface area (Å²) in [6.07, 6.45) is 2.29. The summed E-state index contributed by atoms with van der Waals surface area (Å²) in [6.45, 7) is 6.86. The van der Waals surface area contributed by atoms with Crippen LogP contribution in [0.4, 0.5) is 0 Å². The summed E-state index contributed by atoms with van der Waals surface area (Å²) >= 11 is 0. The van der Waals surface area contributed by atoms with E-state index in [1.807, 2.05) is 6.92 Å². The molecular weight excluding hydrogens is 166 g/mol. The molecule has 0 aliphatic rings. The average Bonchev–Trinajstić information content (AvgIpc) is 2.15. The number of aliphatic hydroxyl groups is 2. The summed E-state index contributed by atoms with van der Waals surface area (Å²) in [5.41, 5.74) is -0.387. The van der Waals surface area contributed by atoms with Crippen LogP contribution < -0.4 is 5.32 Å². The molecule has 0 aromatic heterocycles. The van der Waals surface area contributed by atoms with Crippen molar-refractivity contribution in [1.29, 1.82) is 0 Å². The molecule has 3 heteroatoms. The lowest BCUT2D eigenvalue weighted by Crippen LogP contribution is -2.41. The van der Waals surface area contributed by atoms with Gasteiger partial charge in [0.1, 0.15) is 0 Å². The molecule has 0 aromatic rings. The molecule has 1 atom stereocenters. The van der Waals surface area contributed by atoms with Crippen molar-refractivity contribution in [3.63, 3.8) is 0 Å². The van der Waals surface area contributed by atoms with Crippen molar-refractivity contribution in [3.8, 4) is 0 Å². The first-order valence-corrected chi connectivity index (χ1v) is 5.03.